The molecule has 0 fully saturated rings. The van der Waals surface area contributed by atoms with Crippen molar-refractivity contribution in [3.8, 4) is 0 Å². The quantitative estimate of drug-likeness (QED) is 0.537. The summed E-state index contributed by atoms with van der Waals surface area (Å²) >= 11 is 1.29. The Labute approximate surface area is 62.2 Å². The molecule has 1 aromatic rings. The predicted molar refractivity (Wildman–Crippen MR) is 37.5 cm³/mol. The summed E-state index contributed by atoms with van der Waals surface area (Å²) in [6.45, 7) is 0. The van der Waals surface area contributed by atoms with E-state index in [0.29, 0.717) is 4.88 Å². The van der Waals surface area contributed by atoms with E-state index >= 15 is 0 Å². The lowest BCUT2D eigenvalue weighted by Gasteiger charge is -2.08. The first-order chi connectivity index (χ1) is 4.72. The zero-order valence-electron chi connectivity index (χ0n) is 5.14. The van der Waals surface area contributed by atoms with Crippen LogP contribution < -0.4 is 0 Å². The van der Waals surface area contributed by atoms with Crippen molar-refractivity contribution in [1.29, 1.82) is 0 Å². The fourth-order valence-electron chi connectivity index (χ4n) is 0.606. The highest BCUT2D eigenvalue weighted by atomic mass is 32.1. The number of aliphatic hydroxyl groups is 3. The van der Waals surface area contributed by atoms with Crippen molar-refractivity contribution in [2.24, 2.45) is 0 Å². The summed E-state index contributed by atoms with van der Waals surface area (Å²) in [6, 6.07) is 3.39. The summed E-state index contributed by atoms with van der Waals surface area (Å²) in [6.07, 6.45) is -2.85. The zero-order valence-corrected chi connectivity index (χ0v) is 5.95. The highest BCUT2D eigenvalue weighted by Gasteiger charge is 2.15. The molecular weight excluding hydrogens is 152 g/mol. The van der Waals surface area contributed by atoms with Crippen molar-refractivity contribution in [3.63, 3.8) is 0 Å². The lowest BCUT2D eigenvalue weighted by atomic mass is 10.3. The monoisotopic (exact) mass is 160 g/mol. The van der Waals surface area contributed by atoms with Crippen molar-refractivity contribution in [2.75, 3.05) is 0 Å². The lowest BCUT2D eigenvalue weighted by molar-refractivity contribution is -0.122. The summed E-state index contributed by atoms with van der Waals surface area (Å²) < 4.78 is 0. The van der Waals surface area contributed by atoms with Gasteiger partial charge in [0.1, 0.15) is 6.10 Å². The normalized spacial score (nSPS) is 14.0. The molecule has 0 radical (unpaired) electrons. The molecule has 0 saturated carbocycles. The van der Waals surface area contributed by atoms with Crippen molar-refractivity contribution in [3.05, 3.63) is 22.4 Å². The molecule has 0 aliphatic heterocycles. The fourth-order valence-corrected chi connectivity index (χ4v) is 1.34. The molecule has 3 nitrogen and oxygen atoms in total. The zero-order chi connectivity index (χ0) is 7.56. The third-order valence-corrected chi connectivity index (χ3v) is 2.06. The number of aliphatic hydroxyl groups excluding tert-OH is 2. The number of thiophene rings is 1. The standard InChI is InChI=1S/C6H8O3S/c7-5(6(8)9)4-2-1-3-10-4/h1-3,5-9H. The van der Waals surface area contributed by atoms with Crippen molar-refractivity contribution in [2.45, 2.75) is 12.4 Å². The number of rotatable bonds is 2. The maximum atomic E-state index is 9.00. The summed E-state index contributed by atoms with van der Waals surface area (Å²) in [5.41, 5.74) is 0. The molecule has 56 valence electrons. The molecule has 0 bridgehead atoms. The molecule has 0 aliphatic carbocycles. The van der Waals surface area contributed by atoms with Crippen molar-refractivity contribution in [1.82, 2.24) is 0 Å². The van der Waals surface area contributed by atoms with E-state index in [1.54, 1.807) is 17.5 Å². The van der Waals surface area contributed by atoms with Crippen LogP contribution in [0.3, 0.4) is 0 Å². The summed E-state index contributed by atoms with van der Waals surface area (Å²) in [5.74, 6) is 0. The van der Waals surface area contributed by atoms with Gasteiger partial charge in [-0.05, 0) is 11.4 Å². The van der Waals surface area contributed by atoms with Gasteiger partial charge in [-0.2, -0.15) is 0 Å². The molecule has 1 aromatic heterocycles. The smallest absolute Gasteiger partial charge is 0.183 e. The minimum absolute atomic E-state index is 0.565. The van der Waals surface area contributed by atoms with Crippen molar-refractivity contribution >= 4 is 11.3 Å². The van der Waals surface area contributed by atoms with Crippen LogP contribution in [0.4, 0.5) is 0 Å². The van der Waals surface area contributed by atoms with Gasteiger partial charge in [-0.15, -0.1) is 11.3 Å². The molecule has 0 amide bonds. The summed E-state index contributed by atoms with van der Waals surface area (Å²) in [7, 11) is 0. The average Bonchev–Trinajstić information content (AvgIpc) is 2.36. The Morgan fingerprint density at radius 2 is 2.00 bits per heavy atom. The van der Waals surface area contributed by atoms with E-state index in [-0.39, 0.29) is 0 Å². The van der Waals surface area contributed by atoms with Crippen LogP contribution in [0.25, 0.3) is 0 Å². The first-order valence-electron chi connectivity index (χ1n) is 2.79. The van der Waals surface area contributed by atoms with E-state index in [0.717, 1.165) is 0 Å². The van der Waals surface area contributed by atoms with Gasteiger partial charge in [0, 0.05) is 4.88 Å². The molecule has 1 unspecified atom stereocenters. The molecule has 1 atom stereocenters. The molecule has 0 aliphatic rings. The topological polar surface area (TPSA) is 60.7 Å². The second-order valence-corrected chi connectivity index (χ2v) is 2.85. The molecule has 1 heterocycles. The van der Waals surface area contributed by atoms with Gasteiger partial charge in [-0.1, -0.05) is 6.07 Å². The van der Waals surface area contributed by atoms with Gasteiger partial charge in [0.25, 0.3) is 0 Å². The number of hydrogen-bond donors (Lipinski definition) is 3. The molecular formula is C6H8O3S. The Morgan fingerprint density at radius 3 is 2.40 bits per heavy atom. The van der Waals surface area contributed by atoms with Gasteiger partial charge in [-0.3, -0.25) is 0 Å². The molecule has 0 aromatic carbocycles. The Kier molecular flexibility index (Phi) is 2.39. The Balaban J connectivity index is 2.68. The maximum absolute atomic E-state index is 9.00. The van der Waals surface area contributed by atoms with Crippen LogP contribution in [0.2, 0.25) is 0 Å². The van der Waals surface area contributed by atoms with Gasteiger partial charge in [0.2, 0.25) is 0 Å². The van der Waals surface area contributed by atoms with E-state index in [2.05, 4.69) is 0 Å². The minimum atomic E-state index is -1.68. The third-order valence-electron chi connectivity index (χ3n) is 1.12. The van der Waals surface area contributed by atoms with Gasteiger partial charge < -0.3 is 15.3 Å². The number of hydrogen-bond acceptors (Lipinski definition) is 4. The summed E-state index contributed by atoms with van der Waals surface area (Å²) in [4.78, 5) is 0.565. The van der Waals surface area contributed by atoms with Gasteiger partial charge in [-0.25, -0.2) is 0 Å². The molecule has 0 spiro atoms. The Bertz CT molecular complexity index is 183. The van der Waals surface area contributed by atoms with Crippen molar-refractivity contribution < 1.29 is 15.3 Å². The van der Waals surface area contributed by atoms with Crippen LogP contribution in [0.5, 0.6) is 0 Å². The summed E-state index contributed by atoms with van der Waals surface area (Å²) in [5, 5.41) is 27.8. The highest BCUT2D eigenvalue weighted by molar-refractivity contribution is 7.10. The fraction of sp³-hybridized carbons (Fsp3) is 0.333. The van der Waals surface area contributed by atoms with E-state index < -0.39 is 12.4 Å². The predicted octanol–water partition coefficient (Wildman–Crippen LogP) is 0.0922. The molecule has 4 heteroatoms. The van der Waals surface area contributed by atoms with Crippen LogP contribution in [-0.2, 0) is 0 Å². The first-order valence-corrected chi connectivity index (χ1v) is 3.67. The van der Waals surface area contributed by atoms with Crippen LogP contribution in [0.15, 0.2) is 17.5 Å². The largest absolute Gasteiger partial charge is 0.382 e. The van der Waals surface area contributed by atoms with Gasteiger partial charge in [0.05, 0.1) is 0 Å². The highest BCUT2D eigenvalue weighted by Crippen LogP contribution is 2.20. The van der Waals surface area contributed by atoms with Crippen LogP contribution in [-0.4, -0.2) is 21.6 Å². The van der Waals surface area contributed by atoms with Gasteiger partial charge >= 0.3 is 0 Å². The maximum Gasteiger partial charge on any atom is 0.183 e. The minimum Gasteiger partial charge on any atom is -0.382 e. The molecule has 1 rings (SSSR count). The third kappa shape index (κ3) is 1.54. The average molecular weight is 160 g/mol. The second-order valence-electron chi connectivity index (χ2n) is 1.87. The Morgan fingerprint density at radius 1 is 1.30 bits per heavy atom. The molecule has 10 heavy (non-hydrogen) atoms. The van der Waals surface area contributed by atoms with Crippen LogP contribution in [0, 0.1) is 0 Å². The second kappa shape index (κ2) is 3.12. The van der Waals surface area contributed by atoms with Crippen LogP contribution >= 0.6 is 11.3 Å². The molecule has 3 N–H and O–H groups in total. The van der Waals surface area contributed by atoms with Crippen LogP contribution in [0.1, 0.15) is 11.0 Å². The van der Waals surface area contributed by atoms with E-state index in [9.17, 15) is 0 Å². The lowest BCUT2D eigenvalue weighted by Crippen LogP contribution is -2.15. The first kappa shape index (κ1) is 7.68. The SMILES string of the molecule is OC(O)C(O)c1cccs1. The molecule has 0 saturated heterocycles. The van der Waals surface area contributed by atoms with E-state index in [1.807, 2.05) is 0 Å². The van der Waals surface area contributed by atoms with Gasteiger partial charge in [0.15, 0.2) is 6.29 Å². The Hall–Kier alpha value is -0.420. The van der Waals surface area contributed by atoms with E-state index in [1.165, 1.54) is 11.3 Å². The van der Waals surface area contributed by atoms with E-state index in [4.69, 9.17) is 15.3 Å².